The van der Waals surface area contributed by atoms with E-state index in [9.17, 15) is 13.6 Å². The van der Waals surface area contributed by atoms with E-state index in [4.69, 9.17) is 4.74 Å². The van der Waals surface area contributed by atoms with E-state index in [1.54, 1.807) is 12.1 Å². The van der Waals surface area contributed by atoms with Crippen LogP contribution in [0.15, 0.2) is 18.2 Å². The highest BCUT2D eigenvalue weighted by atomic mass is 19.3. The van der Waals surface area contributed by atoms with Gasteiger partial charge in [-0.15, -0.1) is 0 Å². The highest BCUT2D eigenvalue weighted by Crippen LogP contribution is 2.27. The van der Waals surface area contributed by atoms with Gasteiger partial charge in [0, 0.05) is 24.7 Å². The van der Waals surface area contributed by atoms with Gasteiger partial charge in [0.25, 0.3) is 0 Å². The fourth-order valence-corrected chi connectivity index (χ4v) is 2.40. The second-order valence-electron chi connectivity index (χ2n) is 5.40. The van der Waals surface area contributed by atoms with Gasteiger partial charge in [-0.25, -0.2) is 0 Å². The predicted octanol–water partition coefficient (Wildman–Crippen LogP) is 2.30. The van der Waals surface area contributed by atoms with E-state index >= 15 is 0 Å². The number of rotatable bonds is 8. The molecule has 1 unspecified atom stereocenters. The summed E-state index contributed by atoms with van der Waals surface area (Å²) in [4.78, 5) is 12.0. The van der Waals surface area contributed by atoms with Crippen LogP contribution in [0.25, 0.3) is 0 Å². The smallest absolute Gasteiger partial charge is 0.387 e. The minimum atomic E-state index is -2.93. The molecule has 1 fully saturated rings. The van der Waals surface area contributed by atoms with Crippen molar-refractivity contribution < 1.29 is 23.0 Å². The fourth-order valence-electron chi connectivity index (χ4n) is 2.40. The number of carbonyl (C=O) groups excluding carboxylic acids is 1. The van der Waals surface area contributed by atoms with Gasteiger partial charge in [-0.3, -0.25) is 4.79 Å². The van der Waals surface area contributed by atoms with E-state index in [1.807, 2.05) is 6.92 Å². The molecule has 0 radical (unpaired) electrons. The molecular formula is C16H22F2N2O3. The van der Waals surface area contributed by atoms with Crippen LogP contribution in [0.1, 0.15) is 25.3 Å². The Morgan fingerprint density at radius 2 is 2.30 bits per heavy atom. The number of amides is 1. The van der Waals surface area contributed by atoms with Crippen molar-refractivity contribution in [1.82, 2.24) is 10.6 Å². The van der Waals surface area contributed by atoms with Crippen molar-refractivity contribution in [3.63, 3.8) is 0 Å². The van der Waals surface area contributed by atoms with E-state index in [1.165, 1.54) is 6.07 Å². The lowest BCUT2D eigenvalue weighted by Crippen LogP contribution is -2.31. The van der Waals surface area contributed by atoms with Gasteiger partial charge < -0.3 is 20.1 Å². The Kier molecular flexibility index (Phi) is 6.58. The molecule has 0 bridgehead atoms. The molecule has 1 aromatic carbocycles. The van der Waals surface area contributed by atoms with Crippen molar-refractivity contribution in [2.45, 2.75) is 32.9 Å². The van der Waals surface area contributed by atoms with Gasteiger partial charge in [0.15, 0.2) is 0 Å². The molecule has 2 rings (SSSR count). The van der Waals surface area contributed by atoms with Crippen LogP contribution < -0.4 is 20.1 Å². The molecule has 0 aliphatic carbocycles. The molecule has 1 saturated heterocycles. The summed E-state index contributed by atoms with van der Waals surface area (Å²) < 4.78 is 35.1. The van der Waals surface area contributed by atoms with Crippen molar-refractivity contribution in [2.24, 2.45) is 5.92 Å². The Balaban J connectivity index is 2.01. The minimum Gasteiger partial charge on any atom is -0.493 e. The Bertz CT molecular complexity index is 520. The summed E-state index contributed by atoms with van der Waals surface area (Å²) in [6.07, 6.45) is 1.61. The first kappa shape index (κ1) is 17.5. The zero-order valence-corrected chi connectivity index (χ0v) is 13.1. The van der Waals surface area contributed by atoms with Crippen LogP contribution in [-0.4, -0.2) is 32.2 Å². The molecule has 128 valence electrons. The number of benzene rings is 1. The third kappa shape index (κ3) is 5.35. The van der Waals surface area contributed by atoms with Crippen molar-refractivity contribution >= 4 is 5.91 Å². The van der Waals surface area contributed by atoms with Crippen molar-refractivity contribution in [2.75, 3.05) is 19.7 Å². The molecule has 5 nitrogen and oxygen atoms in total. The van der Waals surface area contributed by atoms with Gasteiger partial charge in [0.1, 0.15) is 11.5 Å². The van der Waals surface area contributed by atoms with Gasteiger partial charge >= 0.3 is 6.61 Å². The molecule has 1 heterocycles. The molecule has 1 amide bonds. The van der Waals surface area contributed by atoms with E-state index in [-0.39, 0.29) is 24.1 Å². The van der Waals surface area contributed by atoms with Gasteiger partial charge in [0.2, 0.25) is 5.91 Å². The molecule has 1 aliphatic rings. The maximum Gasteiger partial charge on any atom is 0.387 e. The molecule has 0 saturated carbocycles. The first-order valence-electron chi connectivity index (χ1n) is 7.79. The monoisotopic (exact) mass is 328 g/mol. The highest BCUT2D eigenvalue weighted by molar-refractivity contribution is 5.79. The maximum atomic E-state index is 12.6. The van der Waals surface area contributed by atoms with Crippen LogP contribution in [0.5, 0.6) is 11.5 Å². The molecular weight excluding hydrogens is 306 g/mol. The summed E-state index contributed by atoms with van der Waals surface area (Å²) in [6.45, 7) is 1.14. The average molecular weight is 328 g/mol. The molecule has 7 heteroatoms. The number of alkyl halides is 2. The summed E-state index contributed by atoms with van der Waals surface area (Å²) >= 11 is 0. The molecule has 2 N–H and O–H groups in total. The molecule has 1 atom stereocenters. The van der Waals surface area contributed by atoms with Crippen LogP contribution in [-0.2, 0) is 11.3 Å². The topological polar surface area (TPSA) is 59.6 Å². The SMILES string of the molecule is CCCOc1ccc(CNC(=O)C2CCNC2)c(OC(F)F)c1. The second kappa shape index (κ2) is 8.67. The Hall–Kier alpha value is -1.89. The van der Waals surface area contributed by atoms with Crippen LogP contribution in [0.2, 0.25) is 0 Å². The third-order valence-corrected chi connectivity index (χ3v) is 3.61. The summed E-state index contributed by atoms with van der Waals surface area (Å²) in [5, 5.41) is 5.89. The summed E-state index contributed by atoms with van der Waals surface area (Å²) in [7, 11) is 0. The number of hydrogen-bond donors (Lipinski definition) is 2. The Labute approximate surface area is 134 Å². The lowest BCUT2D eigenvalue weighted by Gasteiger charge is -2.15. The predicted molar refractivity (Wildman–Crippen MR) is 81.7 cm³/mol. The highest BCUT2D eigenvalue weighted by Gasteiger charge is 2.22. The van der Waals surface area contributed by atoms with Crippen molar-refractivity contribution in [3.05, 3.63) is 23.8 Å². The molecule has 1 aliphatic heterocycles. The van der Waals surface area contributed by atoms with Gasteiger partial charge in [0.05, 0.1) is 12.5 Å². The molecule has 0 spiro atoms. The average Bonchev–Trinajstić information content (AvgIpc) is 3.05. The fraction of sp³-hybridized carbons (Fsp3) is 0.562. The molecule has 1 aromatic rings. The first-order chi connectivity index (χ1) is 11.1. The first-order valence-corrected chi connectivity index (χ1v) is 7.79. The summed E-state index contributed by atoms with van der Waals surface area (Å²) in [5.74, 6) is 0.349. The van der Waals surface area contributed by atoms with Crippen molar-refractivity contribution in [3.8, 4) is 11.5 Å². The number of carbonyl (C=O) groups is 1. The van der Waals surface area contributed by atoms with Crippen LogP contribution >= 0.6 is 0 Å². The Morgan fingerprint density at radius 3 is 2.96 bits per heavy atom. The number of halogens is 2. The van der Waals surface area contributed by atoms with Crippen LogP contribution in [0.4, 0.5) is 8.78 Å². The maximum absolute atomic E-state index is 12.6. The van der Waals surface area contributed by atoms with E-state index in [0.717, 1.165) is 19.4 Å². The minimum absolute atomic E-state index is 0.0263. The number of nitrogens with one attached hydrogen (secondary N) is 2. The zero-order valence-electron chi connectivity index (χ0n) is 13.1. The van der Waals surface area contributed by atoms with Gasteiger partial charge in [-0.1, -0.05) is 6.92 Å². The zero-order chi connectivity index (χ0) is 16.7. The van der Waals surface area contributed by atoms with Crippen LogP contribution in [0.3, 0.4) is 0 Å². The number of hydrogen-bond acceptors (Lipinski definition) is 4. The standard InChI is InChI=1S/C16H22F2N2O3/c1-2-7-22-13-4-3-11(14(8-13)23-16(17)18)10-20-15(21)12-5-6-19-9-12/h3-4,8,12,16,19H,2,5-7,9-10H2,1H3,(H,20,21). The van der Waals surface area contributed by atoms with Crippen LogP contribution in [0, 0.1) is 5.92 Å². The molecule has 0 aromatic heterocycles. The van der Waals surface area contributed by atoms with E-state index in [2.05, 4.69) is 15.4 Å². The van der Waals surface area contributed by atoms with Gasteiger partial charge in [-0.05, 0) is 31.5 Å². The number of ether oxygens (including phenoxy) is 2. The normalized spacial score (nSPS) is 17.3. The summed E-state index contributed by atoms with van der Waals surface area (Å²) in [6, 6.07) is 4.75. The third-order valence-electron chi connectivity index (χ3n) is 3.61. The largest absolute Gasteiger partial charge is 0.493 e. The van der Waals surface area contributed by atoms with Gasteiger partial charge in [-0.2, -0.15) is 8.78 Å². The lowest BCUT2D eigenvalue weighted by molar-refractivity contribution is -0.124. The second-order valence-corrected chi connectivity index (χ2v) is 5.40. The molecule has 23 heavy (non-hydrogen) atoms. The van der Waals surface area contributed by atoms with Crippen molar-refractivity contribution in [1.29, 1.82) is 0 Å². The Morgan fingerprint density at radius 1 is 1.48 bits per heavy atom. The lowest BCUT2D eigenvalue weighted by atomic mass is 10.1. The quantitative estimate of drug-likeness (QED) is 0.769. The van der Waals surface area contributed by atoms with E-state index in [0.29, 0.717) is 24.5 Å². The summed E-state index contributed by atoms with van der Waals surface area (Å²) in [5.41, 5.74) is 0.494. The van der Waals surface area contributed by atoms with E-state index < -0.39 is 6.61 Å².